The lowest BCUT2D eigenvalue weighted by molar-refractivity contribution is -0.00846. The minimum Gasteiger partial charge on any atom is -0.378 e. The summed E-state index contributed by atoms with van der Waals surface area (Å²) in [5.41, 5.74) is 1.51. The van der Waals surface area contributed by atoms with E-state index in [1.54, 1.807) is 11.3 Å². The van der Waals surface area contributed by atoms with Gasteiger partial charge in [0.2, 0.25) is 0 Å². The van der Waals surface area contributed by atoms with E-state index in [1.807, 2.05) is 11.3 Å². The highest BCUT2D eigenvalue weighted by molar-refractivity contribution is 7.10. The number of ether oxygens (including phenoxy) is 1. The molecule has 0 aliphatic carbocycles. The molecular formula is C21H30N2OS2. The first-order valence-electron chi connectivity index (χ1n) is 9.81. The van der Waals surface area contributed by atoms with E-state index in [0.29, 0.717) is 11.5 Å². The first kappa shape index (κ1) is 18.6. The molecule has 2 unspecified atom stereocenters. The normalized spacial score (nSPS) is 27.4. The Bertz CT molecular complexity index is 718. The zero-order valence-electron chi connectivity index (χ0n) is 16.2. The maximum atomic E-state index is 6.24. The smallest absolute Gasteiger partial charge is 0.0898 e. The maximum Gasteiger partial charge on any atom is 0.0898 e. The Labute approximate surface area is 165 Å². The van der Waals surface area contributed by atoms with Gasteiger partial charge < -0.3 is 4.74 Å². The van der Waals surface area contributed by atoms with Crippen LogP contribution in [-0.4, -0.2) is 35.7 Å². The summed E-state index contributed by atoms with van der Waals surface area (Å²) in [5.74, 6) is 0. The number of aromatic nitrogens is 1. The van der Waals surface area contributed by atoms with Gasteiger partial charge in [-0.25, -0.2) is 4.98 Å². The van der Waals surface area contributed by atoms with Crippen LogP contribution < -0.4 is 0 Å². The van der Waals surface area contributed by atoms with Gasteiger partial charge in [-0.1, -0.05) is 6.07 Å². The highest BCUT2D eigenvalue weighted by atomic mass is 32.1. The minimum atomic E-state index is -0.00591. The molecule has 26 heavy (non-hydrogen) atoms. The van der Waals surface area contributed by atoms with E-state index < -0.39 is 0 Å². The fourth-order valence-corrected chi connectivity index (χ4v) is 6.18. The van der Waals surface area contributed by atoms with Crippen LogP contribution in [0.3, 0.4) is 0 Å². The van der Waals surface area contributed by atoms with E-state index in [9.17, 15) is 0 Å². The lowest BCUT2D eigenvalue weighted by atomic mass is 9.75. The largest absolute Gasteiger partial charge is 0.378 e. The Kier molecular flexibility index (Phi) is 5.26. The maximum absolute atomic E-state index is 6.24. The van der Waals surface area contributed by atoms with Crippen LogP contribution in [-0.2, 0) is 16.7 Å². The Balaban J connectivity index is 1.53. The molecule has 2 aliphatic heterocycles. The van der Waals surface area contributed by atoms with Gasteiger partial charge in [-0.2, -0.15) is 0 Å². The molecule has 142 valence electrons. The summed E-state index contributed by atoms with van der Waals surface area (Å²) in [6, 6.07) is 4.45. The Morgan fingerprint density at radius 3 is 2.92 bits per heavy atom. The third kappa shape index (κ3) is 3.51. The van der Waals surface area contributed by atoms with Crippen molar-refractivity contribution in [2.45, 2.75) is 64.5 Å². The van der Waals surface area contributed by atoms with Crippen molar-refractivity contribution in [1.29, 1.82) is 0 Å². The third-order valence-electron chi connectivity index (χ3n) is 6.48. The van der Waals surface area contributed by atoms with Crippen molar-refractivity contribution in [2.24, 2.45) is 5.41 Å². The molecular weight excluding hydrogens is 360 g/mol. The van der Waals surface area contributed by atoms with Crippen LogP contribution in [0.15, 0.2) is 22.9 Å². The molecule has 0 radical (unpaired) electrons. The monoisotopic (exact) mass is 390 g/mol. The number of aryl methyl sites for hydroxylation is 2. The summed E-state index contributed by atoms with van der Waals surface area (Å²) >= 11 is 3.65. The Morgan fingerprint density at radius 1 is 1.38 bits per heavy atom. The SMILES string of the molecule is Cc1nc(C(C)(C)N2CCC(CCc3cccs3)(C3CCCO3)C2)cs1. The lowest BCUT2D eigenvalue weighted by Gasteiger charge is -2.39. The van der Waals surface area contributed by atoms with Gasteiger partial charge in [0.05, 0.1) is 22.3 Å². The van der Waals surface area contributed by atoms with Crippen molar-refractivity contribution in [3.8, 4) is 0 Å². The van der Waals surface area contributed by atoms with Crippen LogP contribution >= 0.6 is 22.7 Å². The highest BCUT2D eigenvalue weighted by Crippen LogP contribution is 2.47. The summed E-state index contributed by atoms with van der Waals surface area (Å²) in [7, 11) is 0. The zero-order valence-corrected chi connectivity index (χ0v) is 17.8. The van der Waals surface area contributed by atoms with Crippen LogP contribution in [0, 0.1) is 12.3 Å². The molecule has 2 aromatic rings. The van der Waals surface area contributed by atoms with Crippen LogP contribution in [0.5, 0.6) is 0 Å². The standard InChI is InChI=1S/C21H30N2OS2/c1-16-22-18(14-26-16)20(2,3)23-11-10-21(15-23,19-7-4-12-24-19)9-8-17-6-5-13-25-17/h5-6,13-14,19H,4,7-12,15H2,1-3H3. The molecule has 2 atom stereocenters. The summed E-state index contributed by atoms with van der Waals surface area (Å²) in [5, 5.41) is 5.60. The van der Waals surface area contributed by atoms with Crippen molar-refractivity contribution < 1.29 is 4.74 Å². The first-order valence-corrected chi connectivity index (χ1v) is 11.6. The van der Waals surface area contributed by atoms with Crippen molar-refractivity contribution in [3.05, 3.63) is 38.5 Å². The van der Waals surface area contributed by atoms with Crippen LogP contribution in [0.4, 0.5) is 0 Å². The first-order chi connectivity index (χ1) is 12.5. The molecule has 2 aliphatic rings. The molecule has 3 nitrogen and oxygen atoms in total. The molecule has 0 bridgehead atoms. The lowest BCUT2D eigenvalue weighted by Crippen LogP contribution is -2.44. The second-order valence-corrected chi connectivity index (χ2v) is 10.5. The van der Waals surface area contributed by atoms with Crippen molar-refractivity contribution in [1.82, 2.24) is 9.88 Å². The number of rotatable bonds is 6. The van der Waals surface area contributed by atoms with Crippen LogP contribution in [0.25, 0.3) is 0 Å². The average molecular weight is 391 g/mol. The average Bonchev–Trinajstić information content (AvgIpc) is 3.38. The quantitative estimate of drug-likeness (QED) is 0.673. The van der Waals surface area contributed by atoms with Gasteiger partial charge in [0, 0.05) is 28.8 Å². The van der Waals surface area contributed by atoms with E-state index >= 15 is 0 Å². The topological polar surface area (TPSA) is 25.4 Å². The van der Waals surface area contributed by atoms with Gasteiger partial charge in [-0.15, -0.1) is 22.7 Å². The second-order valence-electron chi connectivity index (χ2n) is 8.43. The molecule has 2 saturated heterocycles. The van der Waals surface area contributed by atoms with Gasteiger partial charge in [-0.05, 0) is 70.9 Å². The van der Waals surface area contributed by atoms with Gasteiger partial charge in [0.25, 0.3) is 0 Å². The number of hydrogen-bond acceptors (Lipinski definition) is 5. The fourth-order valence-electron chi connectivity index (χ4n) is 4.69. The van der Waals surface area contributed by atoms with Gasteiger partial charge in [-0.3, -0.25) is 4.90 Å². The molecule has 4 heterocycles. The number of nitrogens with zero attached hydrogens (tertiary/aromatic N) is 2. The summed E-state index contributed by atoms with van der Waals surface area (Å²) in [4.78, 5) is 8.98. The predicted molar refractivity (Wildman–Crippen MR) is 110 cm³/mol. The van der Waals surface area contributed by atoms with Crippen LogP contribution in [0.2, 0.25) is 0 Å². The third-order valence-corrected chi connectivity index (χ3v) is 8.19. The number of thiazole rings is 1. The van der Waals surface area contributed by atoms with E-state index in [2.05, 4.69) is 48.6 Å². The molecule has 5 heteroatoms. The number of likely N-dealkylation sites (tertiary alicyclic amines) is 1. The van der Waals surface area contributed by atoms with E-state index in [1.165, 1.54) is 42.7 Å². The minimum absolute atomic E-state index is 0.00591. The molecule has 2 fully saturated rings. The van der Waals surface area contributed by atoms with E-state index in [4.69, 9.17) is 9.72 Å². The number of hydrogen-bond donors (Lipinski definition) is 0. The van der Waals surface area contributed by atoms with Crippen molar-refractivity contribution in [3.63, 3.8) is 0 Å². The molecule has 0 N–H and O–H groups in total. The second kappa shape index (κ2) is 7.34. The molecule has 0 spiro atoms. The van der Waals surface area contributed by atoms with Gasteiger partial charge in [0.15, 0.2) is 0 Å². The Hall–Kier alpha value is -0.750. The zero-order chi connectivity index (χ0) is 18.2. The summed E-state index contributed by atoms with van der Waals surface area (Å²) in [6.07, 6.45) is 6.55. The van der Waals surface area contributed by atoms with Crippen molar-refractivity contribution in [2.75, 3.05) is 19.7 Å². The number of thiophene rings is 1. The van der Waals surface area contributed by atoms with Gasteiger partial charge in [0.1, 0.15) is 0 Å². The molecule has 2 aromatic heterocycles. The summed E-state index contributed by atoms with van der Waals surface area (Å²) < 4.78 is 6.24. The molecule has 0 amide bonds. The molecule has 4 rings (SSSR count). The molecule has 0 aromatic carbocycles. The molecule has 0 saturated carbocycles. The summed E-state index contributed by atoms with van der Waals surface area (Å²) in [6.45, 7) is 10.0. The van der Waals surface area contributed by atoms with E-state index in [-0.39, 0.29) is 5.54 Å². The Morgan fingerprint density at radius 2 is 2.27 bits per heavy atom. The van der Waals surface area contributed by atoms with E-state index in [0.717, 1.165) is 24.7 Å². The fraction of sp³-hybridized carbons (Fsp3) is 0.667. The predicted octanol–water partition coefficient (Wildman–Crippen LogP) is 5.25. The van der Waals surface area contributed by atoms with Gasteiger partial charge >= 0.3 is 0 Å². The van der Waals surface area contributed by atoms with Crippen LogP contribution in [0.1, 0.15) is 55.1 Å². The highest BCUT2D eigenvalue weighted by Gasteiger charge is 2.49. The van der Waals surface area contributed by atoms with Crippen molar-refractivity contribution >= 4 is 22.7 Å².